The normalized spacial score (nSPS) is 13.0. The fourth-order valence-electron chi connectivity index (χ4n) is 6.00. The van der Waals surface area contributed by atoms with Crippen molar-refractivity contribution in [3.63, 3.8) is 0 Å². The molecule has 0 spiro atoms. The molecule has 0 unspecified atom stereocenters. The van der Waals surface area contributed by atoms with Crippen LogP contribution in [0.5, 0.6) is 0 Å². The lowest BCUT2D eigenvalue weighted by atomic mass is 10.1. The molecule has 0 saturated heterocycles. The summed E-state index contributed by atoms with van der Waals surface area (Å²) in [5.74, 6) is -0.997. The second kappa shape index (κ2) is 49.9. The SMILES string of the molecule is CC\C=C/C=C\C=C/C=C\CCCCCCCC(=O)OCC(COC(=O)CCCCCCC\C=C/C=C\C=C/C=C\CC)OC(=O)CCCCCCC\C=C/C=C\C=C/C=C\CC. The minimum absolute atomic E-state index is 0.115. The molecule has 0 fully saturated rings. The molecule has 0 N–H and O–H groups in total. The summed E-state index contributed by atoms with van der Waals surface area (Å²) in [6.45, 7) is 6.13. The van der Waals surface area contributed by atoms with Crippen molar-refractivity contribution < 1.29 is 28.6 Å². The summed E-state index contributed by atoms with van der Waals surface area (Å²) in [7, 11) is 0. The predicted molar refractivity (Wildman–Crippen MR) is 269 cm³/mol. The molecule has 6 nitrogen and oxygen atoms in total. The molecule has 0 radical (unpaired) electrons. The van der Waals surface area contributed by atoms with Gasteiger partial charge >= 0.3 is 17.9 Å². The molecule has 0 aromatic heterocycles. The third kappa shape index (κ3) is 48.2. The first-order valence-electron chi connectivity index (χ1n) is 24.5. The van der Waals surface area contributed by atoms with Crippen molar-refractivity contribution in [3.05, 3.63) is 146 Å². The summed E-state index contributed by atoms with van der Waals surface area (Å²) in [6.07, 6.45) is 71.0. The Morgan fingerprint density at radius 3 is 0.889 bits per heavy atom. The van der Waals surface area contributed by atoms with E-state index >= 15 is 0 Å². The molecule has 0 heterocycles. The van der Waals surface area contributed by atoms with Crippen molar-refractivity contribution in [2.75, 3.05) is 13.2 Å². The number of rotatable bonds is 41. The Hall–Kier alpha value is -4.71. The Morgan fingerprint density at radius 1 is 0.317 bits per heavy atom. The molecule has 0 aliphatic rings. The van der Waals surface area contributed by atoms with E-state index in [4.69, 9.17) is 14.2 Å². The molecular weight excluding hydrogens is 781 g/mol. The van der Waals surface area contributed by atoms with Crippen molar-refractivity contribution in [1.29, 1.82) is 0 Å². The number of carbonyl (C=O) groups excluding carboxylic acids is 3. The van der Waals surface area contributed by atoms with Gasteiger partial charge < -0.3 is 14.2 Å². The number of hydrogen-bond donors (Lipinski definition) is 0. The van der Waals surface area contributed by atoms with Crippen molar-refractivity contribution in [1.82, 2.24) is 0 Å². The summed E-state index contributed by atoms with van der Waals surface area (Å²) < 4.78 is 16.7. The smallest absolute Gasteiger partial charge is 0.306 e. The highest BCUT2D eigenvalue weighted by molar-refractivity contribution is 5.71. The van der Waals surface area contributed by atoms with E-state index in [0.717, 1.165) is 135 Å². The minimum atomic E-state index is -0.817. The van der Waals surface area contributed by atoms with Gasteiger partial charge in [0.2, 0.25) is 0 Å². The lowest BCUT2D eigenvalue weighted by Gasteiger charge is -2.18. The molecule has 0 aliphatic carbocycles. The Bertz CT molecular complexity index is 1390. The van der Waals surface area contributed by atoms with Crippen LogP contribution in [0.4, 0.5) is 0 Å². The lowest BCUT2D eigenvalue weighted by molar-refractivity contribution is -0.167. The fraction of sp³-hybridized carbons (Fsp3) is 0.526. The van der Waals surface area contributed by atoms with Gasteiger partial charge in [-0.05, 0) is 77.0 Å². The molecule has 0 atom stereocenters. The number of allylic oxidation sites excluding steroid dienone is 24. The van der Waals surface area contributed by atoms with Crippen molar-refractivity contribution in [3.8, 4) is 0 Å². The van der Waals surface area contributed by atoms with Crippen LogP contribution in [0, 0.1) is 0 Å². The second-order valence-electron chi connectivity index (χ2n) is 15.5. The molecule has 0 rings (SSSR count). The highest BCUT2D eigenvalue weighted by Gasteiger charge is 2.19. The zero-order chi connectivity index (χ0) is 45.8. The molecule has 350 valence electrons. The molecule has 0 aromatic rings. The summed E-state index contributed by atoms with van der Waals surface area (Å²) in [5.41, 5.74) is 0. The Balaban J connectivity index is 4.56. The third-order valence-corrected chi connectivity index (χ3v) is 9.60. The molecule has 63 heavy (non-hydrogen) atoms. The molecule has 0 aromatic carbocycles. The number of unbranched alkanes of at least 4 members (excludes halogenated alkanes) is 15. The van der Waals surface area contributed by atoms with Gasteiger partial charge in [0.1, 0.15) is 13.2 Å². The van der Waals surface area contributed by atoms with Gasteiger partial charge in [-0.15, -0.1) is 0 Å². The van der Waals surface area contributed by atoms with E-state index in [1.807, 2.05) is 72.9 Å². The highest BCUT2D eigenvalue weighted by Crippen LogP contribution is 2.13. The van der Waals surface area contributed by atoms with Gasteiger partial charge in [0.05, 0.1) is 0 Å². The average Bonchev–Trinajstić information content (AvgIpc) is 3.28. The van der Waals surface area contributed by atoms with E-state index < -0.39 is 6.10 Å². The van der Waals surface area contributed by atoms with Gasteiger partial charge in [0, 0.05) is 19.3 Å². The molecule has 6 heteroatoms. The van der Waals surface area contributed by atoms with Gasteiger partial charge in [-0.1, -0.05) is 224 Å². The molecule has 0 saturated carbocycles. The number of hydrogen-bond acceptors (Lipinski definition) is 6. The Kier molecular flexibility index (Phi) is 46.2. The van der Waals surface area contributed by atoms with Gasteiger partial charge in [0.15, 0.2) is 6.10 Å². The van der Waals surface area contributed by atoms with E-state index in [0.29, 0.717) is 12.8 Å². The van der Waals surface area contributed by atoms with Crippen LogP contribution in [0.3, 0.4) is 0 Å². The summed E-state index contributed by atoms with van der Waals surface area (Å²) in [4.78, 5) is 38.0. The Labute approximate surface area is 385 Å². The molecule has 0 amide bonds. The van der Waals surface area contributed by atoms with E-state index in [9.17, 15) is 14.4 Å². The van der Waals surface area contributed by atoms with Gasteiger partial charge in [-0.3, -0.25) is 14.4 Å². The largest absolute Gasteiger partial charge is 0.462 e. The first-order valence-corrected chi connectivity index (χ1v) is 24.5. The maximum absolute atomic E-state index is 12.8. The van der Waals surface area contributed by atoms with Gasteiger partial charge in [0.25, 0.3) is 0 Å². The van der Waals surface area contributed by atoms with Crippen molar-refractivity contribution in [2.24, 2.45) is 0 Å². The van der Waals surface area contributed by atoms with Crippen LogP contribution in [0.1, 0.15) is 175 Å². The van der Waals surface area contributed by atoms with E-state index in [-0.39, 0.29) is 37.5 Å². The van der Waals surface area contributed by atoms with Crippen LogP contribution in [0.15, 0.2) is 146 Å². The van der Waals surface area contributed by atoms with Crippen LogP contribution in [0.2, 0.25) is 0 Å². The number of esters is 3. The quantitative estimate of drug-likeness (QED) is 0.0264. The van der Waals surface area contributed by atoms with Crippen LogP contribution in [-0.2, 0) is 28.6 Å². The summed E-state index contributed by atoms with van der Waals surface area (Å²) in [5, 5.41) is 0. The lowest BCUT2D eigenvalue weighted by Crippen LogP contribution is -2.30. The van der Waals surface area contributed by atoms with Crippen LogP contribution < -0.4 is 0 Å². The molecule has 0 bridgehead atoms. The zero-order valence-corrected chi connectivity index (χ0v) is 39.8. The maximum Gasteiger partial charge on any atom is 0.306 e. The predicted octanol–water partition coefficient (Wildman–Crippen LogP) is 16.1. The van der Waals surface area contributed by atoms with Gasteiger partial charge in [-0.25, -0.2) is 0 Å². The number of carbonyl (C=O) groups is 3. The zero-order valence-electron chi connectivity index (χ0n) is 39.8. The topological polar surface area (TPSA) is 78.9 Å². The Morgan fingerprint density at radius 2 is 0.571 bits per heavy atom. The van der Waals surface area contributed by atoms with Crippen molar-refractivity contribution >= 4 is 17.9 Å². The van der Waals surface area contributed by atoms with E-state index in [1.54, 1.807) is 0 Å². The first kappa shape index (κ1) is 58.3. The first-order chi connectivity index (χ1) is 31.0. The maximum atomic E-state index is 12.8. The summed E-state index contributed by atoms with van der Waals surface area (Å²) in [6, 6.07) is 0. The van der Waals surface area contributed by atoms with Crippen LogP contribution in [0.25, 0.3) is 0 Å². The molecular formula is C57H86O6. The summed E-state index contributed by atoms with van der Waals surface area (Å²) >= 11 is 0. The minimum Gasteiger partial charge on any atom is -0.462 e. The van der Waals surface area contributed by atoms with E-state index in [1.165, 1.54) is 0 Å². The standard InChI is InChI=1S/C57H86O6/c1-4-7-10-13-16-19-22-25-28-31-34-37-40-43-46-49-55(58)61-52-54(63-57(60)51-48-45-42-39-36-33-30-27-24-21-18-15-12-9-6-3)53-62-56(59)50-47-44-41-38-35-32-29-26-23-20-17-14-11-8-5-2/h7-30,54H,4-6,31-53H2,1-3H3/b10-7-,11-8-,12-9-,16-13-,17-14-,18-15-,22-19-,23-20-,24-21-,28-25-,29-26-,30-27-. The molecule has 0 aliphatic heterocycles. The van der Waals surface area contributed by atoms with Crippen molar-refractivity contribution in [2.45, 2.75) is 181 Å². The monoisotopic (exact) mass is 867 g/mol. The third-order valence-electron chi connectivity index (χ3n) is 9.60. The highest BCUT2D eigenvalue weighted by atomic mass is 16.6. The second-order valence-corrected chi connectivity index (χ2v) is 15.5. The van der Waals surface area contributed by atoms with Gasteiger partial charge in [-0.2, -0.15) is 0 Å². The fourth-order valence-corrected chi connectivity index (χ4v) is 6.00. The van der Waals surface area contributed by atoms with E-state index in [2.05, 4.69) is 93.7 Å². The van der Waals surface area contributed by atoms with Crippen LogP contribution in [-0.4, -0.2) is 37.2 Å². The number of ether oxygens (including phenoxy) is 3. The average molecular weight is 867 g/mol. The van der Waals surface area contributed by atoms with Crippen LogP contribution >= 0.6 is 0 Å².